The molecule has 0 radical (unpaired) electrons. The van der Waals surface area contributed by atoms with Gasteiger partial charge in [0.15, 0.2) is 0 Å². The molecule has 3 rings (SSSR count). The molecule has 0 spiro atoms. The summed E-state index contributed by atoms with van der Waals surface area (Å²) in [5, 5.41) is 7.49. The zero-order valence-corrected chi connectivity index (χ0v) is 11.5. The number of nitrogens with zero attached hydrogens (tertiary/aromatic N) is 2. The first-order valence-electron chi connectivity index (χ1n) is 6.85. The van der Waals surface area contributed by atoms with Gasteiger partial charge in [-0.25, -0.2) is 4.39 Å². The van der Waals surface area contributed by atoms with Gasteiger partial charge in [0.05, 0.1) is 18.4 Å². The monoisotopic (exact) mass is 281 g/mol. The Balaban J connectivity index is 1.62. The lowest BCUT2D eigenvalue weighted by Crippen LogP contribution is -2.01. The predicted octanol–water partition coefficient (Wildman–Crippen LogP) is 3.68. The first-order valence-corrected chi connectivity index (χ1v) is 6.85. The minimum atomic E-state index is -0.193. The molecule has 0 fully saturated rings. The van der Waals surface area contributed by atoms with E-state index in [1.165, 1.54) is 11.6 Å². The second-order valence-electron chi connectivity index (χ2n) is 4.86. The van der Waals surface area contributed by atoms with Crippen molar-refractivity contribution in [1.29, 1.82) is 0 Å². The summed E-state index contributed by atoms with van der Waals surface area (Å²) >= 11 is 0. The van der Waals surface area contributed by atoms with Crippen molar-refractivity contribution in [3.8, 4) is 0 Å². The molecule has 1 heterocycles. The van der Waals surface area contributed by atoms with Gasteiger partial charge in [-0.3, -0.25) is 4.68 Å². The van der Waals surface area contributed by atoms with E-state index in [9.17, 15) is 4.39 Å². The summed E-state index contributed by atoms with van der Waals surface area (Å²) in [4.78, 5) is 0. The van der Waals surface area contributed by atoms with Crippen LogP contribution in [0.15, 0.2) is 67.0 Å². The summed E-state index contributed by atoms with van der Waals surface area (Å²) in [7, 11) is 0. The van der Waals surface area contributed by atoms with Crippen LogP contribution in [0.1, 0.15) is 11.1 Å². The normalized spacial score (nSPS) is 10.5. The highest BCUT2D eigenvalue weighted by atomic mass is 19.1. The Kier molecular flexibility index (Phi) is 3.96. The van der Waals surface area contributed by atoms with E-state index in [1.54, 1.807) is 18.3 Å². The number of nitrogens with one attached hydrogen (secondary N) is 1. The summed E-state index contributed by atoms with van der Waals surface area (Å²) in [6, 6.07) is 16.9. The first-order chi connectivity index (χ1) is 10.3. The molecule has 106 valence electrons. The standard InChI is InChI=1S/C17H16FN3/c18-17-9-5-4-8-15(17)10-19-16-11-20-21(13-16)12-14-6-2-1-3-7-14/h1-9,11,13,19H,10,12H2. The van der Waals surface area contributed by atoms with Crippen LogP contribution in [-0.2, 0) is 13.1 Å². The predicted molar refractivity (Wildman–Crippen MR) is 81.5 cm³/mol. The third kappa shape index (κ3) is 3.48. The van der Waals surface area contributed by atoms with Gasteiger partial charge in [0.25, 0.3) is 0 Å². The molecule has 0 aliphatic carbocycles. The molecule has 1 aromatic heterocycles. The van der Waals surface area contributed by atoms with Crippen LogP contribution in [0.5, 0.6) is 0 Å². The van der Waals surface area contributed by atoms with Crippen molar-refractivity contribution >= 4 is 5.69 Å². The molecule has 4 heteroatoms. The van der Waals surface area contributed by atoms with Crippen LogP contribution in [0.25, 0.3) is 0 Å². The van der Waals surface area contributed by atoms with Crippen molar-refractivity contribution < 1.29 is 4.39 Å². The van der Waals surface area contributed by atoms with Crippen molar-refractivity contribution in [1.82, 2.24) is 9.78 Å². The third-order valence-corrected chi connectivity index (χ3v) is 3.26. The van der Waals surface area contributed by atoms with Crippen LogP contribution in [-0.4, -0.2) is 9.78 Å². The van der Waals surface area contributed by atoms with E-state index >= 15 is 0 Å². The number of benzene rings is 2. The lowest BCUT2D eigenvalue weighted by Gasteiger charge is -2.04. The summed E-state index contributed by atoms with van der Waals surface area (Å²) in [6.07, 6.45) is 3.68. The summed E-state index contributed by atoms with van der Waals surface area (Å²) in [5.74, 6) is -0.193. The van der Waals surface area contributed by atoms with E-state index < -0.39 is 0 Å². The molecule has 0 saturated carbocycles. The molecule has 3 aromatic rings. The van der Waals surface area contributed by atoms with E-state index in [1.807, 2.05) is 35.1 Å². The SMILES string of the molecule is Fc1ccccc1CNc1cnn(Cc2ccccc2)c1. The highest BCUT2D eigenvalue weighted by Crippen LogP contribution is 2.12. The van der Waals surface area contributed by atoms with E-state index in [0.717, 1.165) is 12.2 Å². The summed E-state index contributed by atoms with van der Waals surface area (Å²) < 4.78 is 15.4. The number of rotatable bonds is 5. The molecule has 0 aliphatic heterocycles. The molecular weight excluding hydrogens is 265 g/mol. The lowest BCUT2D eigenvalue weighted by molar-refractivity contribution is 0.613. The van der Waals surface area contributed by atoms with E-state index in [2.05, 4.69) is 22.5 Å². The molecule has 2 aromatic carbocycles. The van der Waals surface area contributed by atoms with Crippen LogP contribution in [0.2, 0.25) is 0 Å². The van der Waals surface area contributed by atoms with Gasteiger partial charge in [0.2, 0.25) is 0 Å². The number of anilines is 1. The maximum Gasteiger partial charge on any atom is 0.128 e. The van der Waals surface area contributed by atoms with Crippen molar-refractivity contribution in [2.75, 3.05) is 5.32 Å². The van der Waals surface area contributed by atoms with Gasteiger partial charge in [-0.15, -0.1) is 0 Å². The van der Waals surface area contributed by atoms with Crippen LogP contribution in [0.3, 0.4) is 0 Å². The summed E-state index contributed by atoms with van der Waals surface area (Å²) in [5.41, 5.74) is 2.73. The lowest BCUT2D eigenvalue weighted by atomic mass is 10.2. The Morgan fingerprint density at radius 2 is 1.76 bits per heavy atom. The third-order valence-electron chi connectivity index (χ3n) is 3.26. The molecule has 0 bridgehead atoms. The molecule has 0 saturated heterocycles. The minimum absolute atomic E-state index is 0.193. The number of hydrogen-bond donors (Lipinski definition) is 1. The Hall–Kier alpha value is -2.62. The fourth-order valence-corrected chi connectivity index (χ4v) is 2.15. The van der Waals surface area contributed by atoms with Gasteiger partial charge in [-0.1, -0.05) is 48.5 Å². The quantitative estimate of drug-likeness (QED) is 0.773. The molecule has 0 aliphatic rings. The number of hydrogen-bond acceptors (Lipinski definition) is 2. The van der Waals surface area contributed by atoms with Crippen LogP contribution in [0.4, 0.5) is 10.1 Å². The van der Waals surface area contributed by atoms with Gasteiger partial charge in [-0.2, -0.15) is 5.10 Å². The van der Waals surface area contributed by atoms with Crippen LogP contribution < -0.4 is 5.32 Å². The van der Waals surface area contributed by atoms with E-state index in [-0.39, 0.29) is 5.82 Å². The largest absolute Gasteiger partial charge is 0.378 e. The molecule has 3 nitrogen and oxygen atoms in total. The van der Waals surface area contributed by atoms with Crippen molar-refractivity contribution in [2.24, 2.45) is 0 Å². The molecule has 0 amide bonds. The molecular formula is C17H16FN3. The first kappa shape index (κ1) is 13.4. The fraction of sp³-hybridized carbons (Fsp3) is 0.118. The van der Waals surface area contributed by atoms with Crippen molar-refractivity contribution in [3.63, 3.8) is 0 Å². The van der Waals surface area contributed by atoms with Crippen LogP contribution in [0, 0.1) is 5.82 Å². The minimum Gasteiger partial charge on any atom is -0.378 e. The van der Waals surface area contributed by atoms with Crippen molar-refractivity contribution in [3.05, 3.63) is 83.9 Å². The highest BCUT2D eigenvalue weighted by molar-refractivity contribution is 5.39. The maximum absolute atomic E-state index is 13.5. The Morgan fingerprint density at radius 3 is 2.57 bits per heavy atom. The maximum atomic E-state index is 13.5. The van der Waals surface area contributed by atoms with Gasteiger partial charge < -0.3 is 5.32 Å². The molecule has 0 unspecified atom stereocenters. The smallest absolute Gasteiger partial charge is 0.128 e. The fourth-order valence-electron chi connectivity index (χ4n) is 2.15. The topological polar surface area (TPSA) is 29.9 Å². The highest BCUT2D eigenvalue weighted by Gasteiger charge is 2.02. The zero-order chi connectivity index (χ0) is 14.5. The molecule has 21 heavy (non-hydrogen) atoms. The average molecular weight is 281 g/mol. The van der Waals surface area contributed by atoms with E-state index in [4.69, 9.17) is 0 Å². The van der Waals surface area contributed by atoms with Crippen LogP contribution >= 0.6 is 0 Å². The van der Waals surface area contributed by atoms with Gasteiger partial charge in [-0.05, 0) is 11.6 Å². The van der Waals surface area contributed by atoms with Crippen molar-refractivity contribution in [2.45, 2.75) is 13.1 Å². The van der Waals surface area contributed by atoms with Gasteiger partial charge in [0.1, 0.15) is 5.82 Å². The Labute approximate surface area is 123 Å². The van der Waals surface area contributed by atoms with Gasteiger partial charge in [0, 0.05) is 18.3 Å². The molecule has 1 N–H and O–H groups in total. The molecule has 0 atom stereocenters. The summed E-state index contributed by atoms with van der Waals surface area (Å²) in [6.45, 7) is 1.17. The Bertz CT molecular complexity index is 707. The number of aromatic nitrogens is 2. The zero-order valence-electron chi connectivity index (χ0n) is 11.5. The second-order valence-corrected chi connectivity index (χ2v) is 4.86. The average Bonchev–Trinajstić information content (AvgIpc) is 2.95. The number of halogens is 1. The van der Waals surface area contributed by atoms with Gasteiger partial charge >= 0.3 is 0 Å². The second kappa shape index (κ2) is 6.22. The van der Waals surface area contributed by atoms with E-state index in [0.29, 0.717) is 12.1 Å². The Morgan fingerprint density at radius 1 is 1.00 bits per heavy atom.